The Morgan fingerprint density at radius 3 is 1.58 bits per heavy atom. The van der Waals surface area contributed by atoms with E-state index in [1.165, 1.54) is 55.2 Å². The second-order valence-electron chi connectivity index (χ2n) is 12.6. The van der Waals surface area contributed by atoms with E-state index in [-0.39, 0.29) is 0 Å². The highest BCUT2D eigenvalue weighted by molar-refractivity contribution is 6.10. The fourth-order valence-electron chi connectivity index (χ4n) is 7.25. The molecule has 1 aromatic heterocycles. The summed E-state index contributed by atoms with van der Waals surface area (Å²) in [6.45, 7) is 0. The van der Waals surface area contributed by atoms with Gasteiger partial charge in [-0.05, 0) is 88.5 Å². The Balaban J connectivity index is 1.21. The van der Waals surface area contributed by atoms with Crippen molar-refractivity contribution in [1.29, 1.82) is 0 Å². The first-order valence-corrected chi connectivity index (χ1v) is 17.1. The number of para-hydroxylation sites is 4. The maximum atomic E-state index is 2.45. The molecule has 0 amide bonds. The molecule has 0 aliphatic heterocycles. The van der Waals surface area contributed by atoms with Crippen molar-refractivity contribution >= 4 is 38.9 Å². The summed E-state index contributed by atoms with van der Waals surface area (Å²) in [4.78, 5) is 2.32. The van der Waals surface area contributed by atoms with Gasteiger partial charge in [0.15, 0.2) is 0 Å². The summed E-state index contributed by atoms with van der Waals surface area (Å²) in [7, 11) is 0. The molecule has 0 saturated carbocycles. The zero-order valence-corrected chi connectivity index (χ0v) is 27.5. The monoisotopic (exact) mass is 638 g/mol. The van der Waals surface area contributed by atoms with E-state index in [4.69, 9.17) is 0 Å². The van der Waals surface area contributed by atoms with E-state index in [9.17, 15) is 0 Å². The zero-order chi connectivity index (χ0) is 33.3. The molecule has 0 atom stereocenters. The second kappa shape index (κ2) is 12.8. The first-order chi connectivity index (χ1) is 24.8. The molecule has 0 spiro atoms. The minimum atomic E-state index is 1.11. The van der Waals surface area contributed by atoms with Crippen LogP contribution in [0.2, 0.25) is 0 Å². The van der Waals surface area contributed by atoms with E-state index in [1.807, 2.05) is 0 Å². The van der Waals surface area contributed by atoms with Crippen LogP contribution >= 0.6 is 0 Å². The third-order valence-corrected chi connectivity index (χ3v) is 9.57. The van der Waals surface area contributed by atoms with Crippen LogP contribution in [0.25, 0.3) is 60.9 Å². The molecule has 0 bridgehead atoms. The molecule has 0 aliphatic rings. The van der Waals surface area contributed by atoms with Crippen molar-refractivity contribution in [2.24, 2.45) is 0 Å². The Kier molecular flexibility index (Phi) is 7.53. The number of rotatable bonds is 7. The Morgan fingerprint density at radius 2 is 0.820 bits per heavy atom. The molecule has 9 rings (SSSR count). The highest BCUT2D eigenvalue weighted by atomic mass is 15.1. The third kappa shape index (κ3) is 5.34. The normalized spacial score (nSPS) is 11.2. The van der Waals surface area contributed by atoms with Crippen LogP contribution in [0, 0.1) is 0 Å². The van der Waals surface area contributed by atoms with Crippen LogP contribution in [-0.4, -0.2) is 4.57 Å². The van der Waals surface area contributed by atoms with Crippen molar-refractivity contribution < 1.29 is 0 Å². The van der Waals surface area contributed by atoms with Crippen molar-refractivity contribution in [2.45, 2.75) is 0 Å². The molecule has 0 saturated heterocycles. The number of hydrogen-bond donors (Lipinski definition) is 0. The van der Waals surface area contributed by atoms with Gasteiger partial charge in [-0.3, -0.25) is 0 Å². The molecule has 0 aliphatic carbocycles. The third-order valence-electron chi connectivity index (χ3n) is 9.57. The summed E-state index contributed by atoms with van der Waals surface area (Å²) < 4.78 is 2.45. The summed E-state index contributed by atoms with van der Waals surface area (Å²) in [5, 5.41) is 2.48. The molecule has 236 valence electrons. The molecule has 0 N–H and O–H groups in total. The fraction of sp³-hybridized carbons (Fsp3) is 0. The molecule has 2 heteroatoms. The van der Waals surface area contributed by atoms with Crippen molar-refractivity contribution in [2.75, 3.05) is 4.90 Å². The quantitative estimate of drug-likeness (QED) is 0.169. The number of fused-ring (bicyclic) bond motifs is 3. The van der Waals surface area contributed by atoms with Gasteiger partial charge in [-0.1, -0.05) is 146 Å². The van der Waals surface area contributed by atoms with E-state index in [2.05, 4.69) is 216 Å². The largest absolute Gasteiger partial charge is 0.310 e. The molecular formula is C48H34N2. The van der Waals surface area contributed by atoms with Crippen molar-refractivity contribution in [3.05, 3.63) is 206 Å². The van der Waals surface area contributed by atoms with Crippen LogP contribution in [0.3, 0.4) is 0 Å². The zero-order valence-electron chi connectivity index (χ0n) is 27.5. The summed E-state index contributed by atoms with van der Waals surface area (Å²) in [6.07, 6.45) is 0. The van der Waals surface area contributed by atoms with Gasteiger partial charge in [0.1, 0.15) is 0 Å². The highest BCUT2D eigenvalue weighted by Gasteiger charge is 2.18. The minimum absolute atomic E-state index is 1.11. The van der Waals surface area contributed by atoms with Crippen molar-refractivity contribution in [3.63, 3.8) is 0 Å². The molecule has 1 heterocycles. The van der Waals surface area contributed by atoms with E-state index < -0.39 is 0 Å². The van der Waals surface area contributed by atoms with Gasteiger partial charge >= 0.3 is 0 Å². The maximum Gasteiger partial charge on any atom is 0.0547 e. The Morgan fingerprint density at radius 1 is 0.300 bits per heavy atom. The standard InChI is InChI=1S/C48H34N2/c1-4-16-35(17-5-1)36-18-14-20-39(32-36)43-26-10-12-28-46(43)50-47-29-13-11-27-44(47)45-31-30-38(34-48(45)50)37-19-15-25-42(33-37)49(40-21-6-2-7-22-40)41-23-8-3-9-24-41/h1-34H. The van der Waals surface area contributed by atoms with Gasteiger partial charge < -0.3 is 9.47 Å². The van der Waals surface area contributed by atoms with Gasteiger partial charge in [-0.15, -0.1) is 0 Å². The molecular weight excluding hydrogens is 605 g/mol. The van der Waals surface area contributed by atoms with Gasteiger partial charge in [0.2, 0.25) is 0 Å². The molecule has 9 aromatic rings. The number of anilines is 3. The van der Waals surface area contributed by atoms with E-state index in [1.54, 1.807) is 0 Å². The molecule has 8 aromatic carbocycles. The fourth-order valence-corrected chi connectivity index (χ4v) is 7.25. The predicted molar refractivity (Wildman–Crippen MR) is 212 cm³/mol. The lowest BCUT2D eigenvalue weighted by Gasteiger charge is -2.26. The van der Waals surface area contributed by atoms with Crippen molar-refractivity contribution in [3.8, 4) is 39.1 Å². The van der Waals surface area contributed by atoms with Crippen LogP contribution < -0.4 is 4.90 Å². The highest BCUT2D eigenvalue weighted by Crippen LogP contribution is 2.40. The van der Waals surface area contributed by atoms with E-state index in [0.717, 1.165) is 22.7 Å². The van der Waals surface area contributed by atoms with Gasteiger partial charge in [-0.25, -0.2) is 0 Å². The minimum Gasteiger partial charge on any atom is -0.310 e. The smallest absolute Gasteiger partial charge is 0.0547 e. The predicted octanol–water partition coefficient (Wildman–Crippen LogP) is 13.3. The van der Waals surface area contributed by atoms with Gasteiger partial charge in [-0.2, -0.15) is 0 Å². The van der Waals surface area contributed by atoms with Crippen LogP contribution in [0.15, 0.2) is 206 Å². The Bertz CT molecular complexity index is 2550. The first kappa shape index (κ1) is 29.5. The second-order valence-corrected chi connectivity index (χ2v) is 12.6. The molecule has 50 heavy (non-hydrogen) atoms. The lowest BCUT2D eigenvalue weighted by Crippen LogP contribution is -2.09. The van der Waals surface area contributed by atoms with Gasteiger partial charge in [0.25, 0.3) is 0 Å². The van der Waals surface area contributed by atoms with Crippen LogP contribution in [0.1, 0.15) is 0 Å². The molecule has 2 nitrogen and oxygen atoms in total. The topological polar surface area (TPSA) is 8.17 Å². The number of benzene rings is 8. The summed E-state index contributed by atoms with van der Waals surface area (Å²) in [5.74, 6) is 0. The lowest BCUT2D eigenvalue weighted by atomic mass is 9.98. The van der Waals surface area contributed by atoms with Crippen molar-refractivity contribution in [1.82, 2.24) is 4.57 Å². The molecule has 0 fully saturated rings. The van der Waals surface area contributed by atoms with E-state index in [0.29, 0.717) is 0 Å². The molecule has 0 unspecified atom stereocenters. The van der Waals surface area contributed by atoms with Crippen LogP contribution in [0.5, 0.6) is 0 Å². The summed E-state index contributed by atoms with van der Waals surface area (Å²) in [6, 6.07) is 74.0. The maximum absolute atomic E-state index is 2.45. The summed E-state index contributed by atoms with van der Waals surface area (Å²) >= 11 is 0. The SMILES string of the molecule is c1ccc(-c2cccc(-c3ccccc3-n3c4ccccc4c4ccc(-c5cccc(N(c6ccccc6)c6ccccc6)c5)cc43)c2)cc1. The average Bonchev–Trinajstić information content (AvgIpc) is 3.53. The van der Waals surface area contributed by atoms with Crippen LogP contribution in [0.4, 0.5) is 17.1 Å². The first-order valence-electron chi connectivity index (χ1n) is 17.1. The van der Waals surface area contributed by atoms with E-state index >= 15 is 0 Å². The average molecular weight is 639 g/mol. The molecule has 0 radical (unpaired) electrons. The number of nitrogens with zero attached hydrogens (tertiary/aromatic N) is 2. The number of hydrogen-bond acceptors (Lipinski definition) is 1. The summed E-state index contributed by atoms with van der Waals surface area (Å²) in [5.41, 5.74) is 14.1. The van der Waals surface area contributed by atoms with Gasteiger partial charge in [0.05, 0.1) is 16.7 Å². The Hall–Kier alpha value is -6.64. The van der Waals surface area contributed by atoms with Gasteiger partial charge in [0, 0.05) is 33.4 Å². The Labute approximate surface area is 292 Å². The number of aromatic nitrogens is 1. The lowest BCUT2D eigenvalue weighted by molar-refractivity contribution is 1.18. The van der Waals surface area contributed by atoms with Crippen LogP contribution in [-0.2, 0) is 0 Å².